The Morgan fingerprint density at radius 1 is 0.857 bits per heavy atom. The summed E-state index contributed by atoms with van der Waals surface area (Å²) in [7, 11) is -0.350. The summed E-state index contributed by atoms with van der Waals surface area (Å²) >= 11 is 3.34. The van der Waals surface area contributed by atoms with Crippen LogP contribution >= 0.6 is 15.9 Å². The second-order valence-corrected chi connectivity index (χ2v) is 8.43. The molecule has 28 heavy (non-hydrogen) atoms. The molecule has 5 rings (SSSR count). The fourth-order valence-corrected chi connectivity index (χ4v) is 3.07. The summed E-state index contributed by atoms with van der Waals surface area (Å²) in [5.74, 6) is 0. The van der Waals surface area contributed by atoms with Gasteiger partial charge >= 0.3 is 7.12 Å². The molecule has 0 unspecified atom stereocenters. The van der Waals surface area contributed by atoms with E-state index in [0.29, 0.717) is 0 Å². The third kappa shape index (κ3) is 3.55. The third-order valence-electron chi connectivity index (χ3n) is 5.07. The van der Waals surface area contributed by atoms with Gasteiger partial charge in [-0.1, -0.05) is 15.9 Å². The first kappa shape index (κ1) is 19.0. The van der Waals surface area contributed by atoms with Crippen LogP contribution in [-0.2, 0) is 9.31 Å². The molecule has 10 heteroatoms. The maximum absolute atomic E-state index is 6.00. The zero-order valence-corrected chi connectivity index (χ0v) is 17.7. The molecule has 0 spiro atoms. The zero-order valence-electron chi connectivity index (χ0n) is 16.1. The highest BCUT2D eigenvalue weighted by atomic mass is 79.9. The van der Waals surface area contributed by atoms with E-state index in [1.54, 1.807) is 9.03 Å². The molecule has 0 amide bonds. The minimum absolute atomic E-state index is 0.322. The van der Waals surface area contributed by atoms with Crippen molar-refractivity contribution in [2.24, 2.45) is 0 Å². The number of aromatic nitrogens is 6. The first-order valence-electron chi connectivity index (χ1n) is 8.85. The number of hydrogen-bond donors (Lipinski definition) is 0. The molecule has 4 aromatic heterocycles. The molecule has 0 bridgehead atoms. The van der Waals surface area contributed by atoms with Gasteiger partial charge < -0.3 is 9.31 Å². The second-order valence-electron chi connectivity index (χ2n) is 7.52. The van der Waals surface area contributed by atoms with Crippen LogP contribution < -0.4 is 5.46 Å². The first-order chi connectivity index (χ1) is 13.2. The Morgan fingerprint density at radius 3 is 2.00 bits per heavy atom. The molecule has 1 saturated heterocycles. The maximum Gasteiger partial charge on any atom is 0.495 e. The monoisotopic (exact) mass is 442 g/mol. The Bertz CT molecular complexity index is 1110. The lowest BCUT2D eigenvalue weighted by Crippen LogP contribution is -2.41. The molecule has 0 saturated carbocycles. The van der Waals surface area contributed by atoms with E-state index in [2.05, 4.69) is 36.1 Å². The number of halogens is 1. The van der Waals surface area contributed by atoms with Gasteiger partial charge in [-0.3, -0.25) is 0 Å². The fourth-order valence-electron chi connectivity index (χ4n) is 2.75. The molecule has 5 heterocycles. The van der Waals surface area contributed by atoms with Gasteiger partial charge in [0.15, 0.2) is 11.3 Å². The van der Waals surface area contributed by atoms with Crippen molar-refractivity contribution in [1.29, 1.82) is 0 Å². The van der Waals surface area contributed by atoms with Crippen LogP contribution in [0.25, 0.3) is 11.3 Å². The minimum Gasteiger partial charge on any atom is -0.399 e. The lowest BCUT2D eigenvalue weighted by molar-refractivity contribution is 0.00578. The van der Waals surface area contributed by atoms with E-state index < -0.39 is 0 Å². The average Bonchev–Trinajstić information content (AvgIpc) is 3.32. The molecule has 1 aliphatic rings. The summed E-state index contributed by atoms with van der Waals surface area (Å²) in [6.45, 7) is 8.18. The van der Waals surface area contributed by atoms with Crippen LogP contribution in [0.15, 0.2) is 53.8 Å². The van der Waals surface area contributed by atoms with Crippen LogP contribution in [0.3, 0.4) is 0 Å². The third-order valence-corrected chi connectivity index (χ3v) is 5.57. The summed E-state index contributed by atoms with van der Waals surface area (Å²) in [6.07, 6.45) is 6.78. The standard InChI is InChI=1S/C12H16BN3O2.C6H4BrN3/c1-11(2)12(3,4)18-13(17-11)9-5-6-16-10(7-9)14-8-15-16;7-5-1-2-10-6(3-5)8-4-9-10/h5-8H,1-4H3;1-4H. The molecular weight excluding hydrogens is 423 g/mol. The van der Waals surface area contributed by atoms with Crippen LogP contribution in [0.1, 0.15) is 27.7 Å². The lowest BCUT2D eigenvalue weighted by atomic mass is 9.80. The summed E-state index contributed by atoms with van der Waals surface area (Å²) in [5.41, 5.74) is 1.97. The minimum atomic E-state index is -0.350. The van der Waals surface area contributed by atoms with Crippen molar-refractivity contribution in [1.82, 2.24) is 29.2 Å². The van der Waals surface area contributed by atoms with E-state index in [0.717, 1.165) is 21.2 Å². The van der Waals surface area contributed by atoms with E-state index in [4.69, 9.17) is 9.31 Å². The Labute approximate surface area is 171 Å². The number of rotatable bonds is 1. The summed E-state index contributed by atoms with van der Waals surface area (Å²) < 4.78 is 16.4. The summed E-state index contributed by atoms with van der Waals surface area (Å²) in [6, 6.07) is 7.72. The highest BCUT2D eigenvalue weighted by molar-refractivity contribution is 9.10. The Hall–Kier alpha value is -2.30. The van der Waals surface area contributed by atoms with Crippen molar-refractivity contribution in [3.63, 3.8) is 0 Å². The summed E-state index contributed by atoms with van der Waals surface area (Å²) in [5, 5.41) is 8.01. The van der Waals surface area contributed by atoms with Crippen molar-refractivity contribution in [2.75, 3.05) is 0 Å². The first-order valence-corrected chi connectivity index (χ1v) is 9.64. The Morgan fingerprint density at radius 2 is 1.39 bits per heavy atom. The highest BCUT2D eigenvalue weighted by Crippen LogP contribution is 2.36. The number of nitrogens with zero attached hydrogens (tertiary/aromatic N) is 6. The molecular formula is C18H20BBrN6O2. The molecule has 0 aliphatic carbocycles. The normalized spacial score (nSPS) is 17.7. The Balaban J connectivity index is 0.000000162. The molecule has 1 fully saturated rings. The predicted octanol–water partition coefficient (Wildman–Crippen LogP) is 2.52. The average molecular weight is 443 g/mol. The van der Waals surface area contributed by atoms with Gasteiger partial charge in [0, 0.05) is 16.9 Å². The molecule has 1 aliphatic heterocycles. The molecule has 144 valence electrons. The van der Waals surface area contributed by atoms with Crippen molar-refractivity contribution in [3.05, 3.63) is 53.8 Å². The highest BCUT2D eigenvalue weighted by Gasteiger charge is 2.51. The summed E-state index contributed by atoms with van der Waals surface area (Å²) in [4.78, 5) is 8.17. The van der Waals surface area contributed by atoms with E-state index in [-0.39, 0.29) is 18.3 Å². The smallest absolute Gasteiger partial charge is 0.399 e. The van der Waals surface area contributed by atoms with Gasteiger partial charge in [-0.05, 0) is 57.4 Å². The molecule has 8 nitrogen and oxygen atoms in total. The van der Waals surface area contributed by atoms with E-state index >= 15 is 0 Å². The van der Waals surface area contributed by atoms with Gasteiger partial charge in [-0.2, -0.15) is 10.2 Å². The Kier molecular flexibility index (Phi) is 4.72. The van der Waals surface area contributed by atoms with E-state index in [1.165, 1.54) is 12.7 Å². The number of fused-ring (bicyclic) bond motifs is 2. The van der Waals surface area contributed by atoms with Crippen LogP contribution in [0.2, 0.25) is 0 Å². The van der Waals surface area contributed by atoms with Crippen molar-refractivity contribution in [2.45, 2.75) is 38.9 Å². The van der Waals surface area contributed by atoms with Gasteiger partial charge in [-0.15, -0.1) is 0 Å². The SMILES string of the molecule is Brc1ccn2ncnc2c1.CC1(C)OB(c2ccn3ncnc3c2)OC1(C)C. The second kappa shape index (κ2) is 6.95. The molecule has 4 aromatic rings. The van der Waals surface area contributed by atoms with Crippen LogP contribution in [-0.4, -0.2) is 47.5 Å². The van der Waals surface area contributed by atoms with E-state index in [1.807, 2.05) is 64.4 Å². The fraction of sp³-hybridized carbons (Fsp3) is 0.333. The van der Waals surface area contributed by atoms with Crippen LogP contribution in [0, 0.1) is 0 Å². The van der Waals surface area contributed by atoms with Gasteiger partial charge in [0.25, 0.3) is 0 Å². The molecule has 0 atom stereocenters. The number of pyridine rings is 2. The largest absolute Gasteiger partial charge is 0.495 e. The quantitative estimate of drug-likeness (QED) is 0.421. The van der Waals surface area contributed by atoms with Gasteiger partial charge in [0.1, 0.15) is 12.7 Å². The van der Waals surface area contributed by atoms with Crippen LogP contribution in [0.5, 0.6) is 0 Å². The molecule has 0 radical (unpaired) electrons. The van der Waals surface area contributed by atoms with Gasteiger partial charge in [0.2, 0.25) is 0 Å². The number of hydrogen-bond acceptors (Lipinski definition) is 6. The van der Waals surface area contributed by atoms with Gasteiger partial charge in [0.05, 0.1) is 11.2 Å². The van der Waals surface area contributed by atoms with E-state index in [9.17, 15) is 0 Å². The maximum atomic E-state index is 6.00. The van der Waals surface area contributed by atoms with Crippen molar-refractivity contribution >= 4 is 39.8 Å². The van der Waals surface area contributed by atoms with Crippen LogP contribution in [0.4, 0.5) is 0 Å². The lowest BCUT2D eigenvalue weighted by Gasteiger charge is -2.32. The topological polar surface area (TPSA) is 78.8 Å². The van der Waals surface area contributed by atoms with Crippen molar-refractivity contribution < 1.29 is 9.31 Å². The molecule has 0 aromatic carbocycles. The van der Waals surface area contributed by atoms with Gasteiger partial charge in [-0.25, -0.2) is 19.0 Å². The van der Waals surface area contributed by atoms with Crippen molar-refractivity contribution in [3.8, 4) is 0 Å². The predicted molar refractivity (Wildman–Crippen MR) is 109 cm³/mol. The zero-order chi connectivity index (χ0) is 19.9. The molecule has 0 N–H and O–H groups in total.